The maximum absolute atomic E-state index is 12.1. The van der Waals surface area contributed by atoms with Gasteiger partial charge in [-0.05, 0) is 31.2 Å². The largest absolute Gasteiger partial charge is 0.421 e. The minimum Gasteiger partial charge on any atom is -0.421 e. The molecule has 0 atom stereocenters. The van der Waals surface area contributed by atoms with Crippen LogP contribution in [0.5, 0.6) is 0 Å². The third-order valence-corrected chi connectivity index (χ3v) is 6.47. The molecule has 0 spiro atoms. The first-order chi connectivity index (χ1) is 11.5. The Morgan fingerprint density at radius 2 is 2.00 bits per heavy atom. The van der Waals surface area contributed by atoms with E-state index in [0.29, 0.717) is 33.0 Å². The highest BCUT2D eigenvalue weighted by Gasteiger charge is 2.17. The number of aromatic nitrogens is 2. The number of nitrogens with one attached hydrogen (secondary N) is 1. The van der Waals surface area contributed by atoms with Gasteiger partial charge in [0.15, 0.2) is 0 Å². The van der Waals surface area contributed by atoms with E-state index in [4.69, 9.17) is 16.0 Å². The summed E-state index contributed by atoms with van der Waals surface area (Å²) in [5.74, 6) is 0.655. The van der Waals surface area contributed by atoms with Crippen LogP contribution in [0.25, 0.3) is 11.5 Å². The van der Waals surface area contributed by atoms with Crippen LogP contribution >= 0.6 is 22.9 Å². The van der Waals surface area contributed by atoms with Crippen LogP contribution in [0.15, 0.2) is 45.0 Å². The summed E-state index contributed by atoms with van der Waals surface area (Å²) in [6.45, 7) is 2.03. The van der Waals surface area contributed by atoms with E-state index in [9.17, 15) is 8.42 Å². The molecule has 0 unspecified atom stereocenters. The molecule has 1 N–H and O–H groups in total. The summed E-state index contributed by atoms with van der Waals surface area (Å²) in [6.07, 6.45) is 0.293. The fourth-order valence-electron chi connectivity index (χ4n) is 2.02. The number of sulfonamides is 1. The molecule has 9 heteroatoms. The second-order valence-electron chi connectivity index (χ2n) is 4.99. The first-order valence-electron chi connectivity index (χ1n) is 7.09. The lowest BCUT2D eigenvalue weighted by Gasteiger charge is -2.02. The van der Waals surface area contributed by atoms with Crippen LogP contribution < -0.4 is 4.72 Å². The zero-order chi connectivity index (χ0) is 17.2. The molecule has 3 aromatic rings. The lowest BCUT2D eigenvalue weighted by Crippen LogP contribution is -2.25. The van der Waals surface area contributed by atoms with Crippen molar-refractivity contribution in [3.63, 3.8) is 0 Å². The van der Waals surface area contributed by atoms with Crippen molar-refractivity contribution in [2.24, 2.45) is 0 Å². The Morgan fingerprint density at radius 3 is 2.71 bits per heavy atom. The summed E-state index contributed by atoms with van der Waals surface area (Å²) in [5.41, 5.74) is 0.646. The molecule has 24 heavy (non-hydrogen) atoms. The number of hydrogen-bond acceptors (Lipinski definition) is 6. The standard InChI is InChI=1S/C15H14ClN3O3S2/c1-10-6-7-14(23-10)24(20,21)17-9-8-13-18-19-15(22-13)11-4-2-3-5-12(11)16/h2-7,17H,8-9H2,1H3. The van der Waals surface area contributed by atoms with Crippen molar-refractivity contribution in [1.29, 1.82) is 0 Å². The lowest BCUT2D eigenvalue weighted by atomic mass is 10.2. The molecule has 3 rings (SSSR count). The molecular formula is C15H14ClN3O3S2. The average molecular weight is 384 g/mol. The molecule has 0 radical (unpaired) electrons. The summed E-state index contributed by atoms with van der Waals surface area (Å²) >= 11 is 7.31. The van der Waals surface area contributed by atoms with E-state index < -0.39 is 10.0 Å². The molecule has 126 valence electrons. The monoisotopic (exact) mass is 383 g/mol. The Balaban J connectivity index is 1.63. The smallest absolute Gasteiger partial charge is 0.250 e. The van der Waals surface area contributed by atoms with Crippen molar-refractivity contribution in [3.8, 4) is 11.5 Å². The predicted octanol–water partition coefficient (Wildman–Crippen LogP) is 3.28. The van der Waals surface area contributed by atoms with Gasteiger partial charge in [-0.2, -0.15) is 0 Å². The Bertz CT molecular complexity index is 950. The van der Waals surface area contributed by atoms with Crippen molar-refractivity contribution in [2.45, 2.75) is 17.6 Å². The van der Waals surface area contributed by atoms with Gasteiger partial charge >= 0.3 is 0 Å². The van der Waals surface area contributed by atoms with Crippen LogP contribution in [0.4, 0.5) is 0 Å². The van der Waals surface area contributed by atoms with Gasteiger partial charge in [0.2, 0.25) is 21.8 Å². The van der Waals surface area contributed by atoms with E-state index >= 15 is 0 Å². The summed E-state index contributed by atoms with van der Waals surface area (Å²) in [6, 6.07) is 10.5. The van der Waals surface area contributed by atoms with Gasteiger partial charge in [0, 0.05) is 17.8 Å². The van der Waals surface area contributed by atoms with Gasteiger partial charge in [-0.25, -0.2) is 13.1 Å². The first-order valence-corrected chi connectivity index (χ1v) is 9.77. The number of nitrogens with zero attached hydrogens (tertiary/aromatic N) is 2. The van der Waals surface area contributed by atoms with Crippen LogP contribution in [-0.2, 0) is 16.4 Å². The van der Waals surface area contributed by atoms with E-state index in [1.54, 1.807) is 24.3 Å². The van der Waals surface area contributed by atoms with Crippen molar-refractivity contribution >= 4 is 33.0 Å². The van der Waals surface area contributed by atoms with Gasteiger partial charge in [0.25, 0.3) is 0 Å². The second-order valence-corrected chi connectivity index (χ2v) is 8.68. The van der Waals surface area contributed by atoms with Gasteiger partial charge in [0.1, 0.15) is 4.21 Å². The van der Waals surface area contributed by atoms with E-state index in [0.717, 1.165) is 4.88 Å². The topological polar surface area (TPSA) is 85.1 Å². The molecule has 0 aliphatic rings. The zero-order valence-corrected chi connectivity index (χ0v) is 15.1. The molecule has 0 aliphatic heterocycles. The first kappa shape index (κ1) is 17.1. The van der Waals surface area contributed by atoms with Crippen molar-refractivity contribution in [2.75, 3.05) is 6.54 Å². The minimum absolute atomic E-state index is 0.170. The molecular weight excluding hydrogens is 370 g/mol. The average Bonchev–Trinajstić information content (AvgIpc) is 3.17. The zero-order valence-electron chi connectivity index (χ0n) is 12.7. The fourth-order valence-corrected chi connectivity index (χ4v) is 4.59. The van der Waals surface area contributed by atoms with E-state index in [1.165, 1.54) is 11.3 Å². The van der Waals surface area contributed by atoms with Gasteiger partial charge < -0.3 is 4.42 Å². The number of hydrogen-bond donors (Lipinski definition) is 1. The number of rotatable bonds is 6. The Morgan fingerprint density at radius 1 is 1.21 bits per heavy atom. The molecule has 0 bridgehead atoms. The van der Waals surface area contributed by atoms with E-state index in [1.807, 2.05) is 19.1 Å². The maximum Gasteiger partial charge on any atom is 0.250 e. The lowest BCUT2D eigenvalue weighted by molar-refractivity contribution is 0.502. The highest BCUT2D eigenvalue weighted by molar-refractivity contribution is 7.91. The van der Waals surface area contributed by atoms with Gasteiger partial charge in [-0.3, -0.25) is 0 Å². The Kier molecular flexibility index (Phi) is 5.00. The number of benzene rings is 1. The van der Waals surface area contributed by atoms with Crippen molar-refractivity contribution in [3.05, 3.63) is 52.2 Å². The van der Waals surface area contributed by atoms with Crippen LogP contribution in [-0.4, -0.2) is 25.2 Å². The number of halogens is 1. The van der Waals surface area contributed by atoms with Crippen molar-refractivity contribution in [1.82, 2.24) is 14.9 Å². The molecule has 0 fully saturated rings. The van der Waals surface area contributed by atoms with E-state index in [-0.39, 0.29) is 6.54 Å². The van der Waals surface area contributed by atoms with Crippen molar-refractivity contribution < 1.29 is 12.8 Å². The molecule has 1 aromatic carbocycles. The molecule has 2 heterocycles. The van der Waals surface area contributed by atoms with Gasteiger partial charge in [-0.1, -0.05) is 23.7 Å². The van der Waals surface area contributed by atoms with Crippen LogP contribution in [0.2, 0.25) is 5.02 Å². The highest BCUT2D eigenvalue weighted by Crippen LogP contribution is 2.26. The fraction of sp³-hybridized carbons (Fsp3) is 0.200. The van der Waals surface area contributed by atoms with Crippen LogP contribution in [0.1, 0.15) is 10.8 Å². The van der Waals surface area contributed by atoms with Crippen LogP contribution in [0, 0.1) is 6.92 Å². The third-order valence-electron chi connectivity index (χ3n) is 3.18. The highest BCUT2D eigenvalue weighted by atomic mass is 35.5. The molecule has 0 saturated carbocycles. The molecule has 0 aliphatic carbocycles. The minimum atomic E-state index is -3.50. The Labute approximate surface area is 148 Å². The summed E-state index contributed by atoms with van der Waals surface area (Å²) < 4.78 is 32.6. The summed E-state index contributed by atoms with van der Waals surface area (Å²) in [5, 5.41) is 8.39. The number of thiophene rings is 1. The van der Waals surface area contributed by atoms with Crippen LogP contribution in [0.3, 0.4) is 0 Å². The maximum atomic E-state index is 12.1. The third kappa shape index (κ3) is 3.84. The summed E-state index contributed by atoms with van der Waals surface area (Å²) in [4.78, 5) is 0.941. The molecule has 6 nitrogen and oxygen atoms in total. The second kappa shape index (κ2) is 7.02. The molecule has 2 aromatic heterocycles. The predicted molar refractivity (Wildman–Crippen MR) is 92.7 cm³/mol. The number of aryl methyl sites for hydroxylation is 1. The van der Waals surface area contributed by atoms with Gasteiger partial charge in [0.05, 0.1) is 10.6 Å². The Hall–Kier alpha value is -1.74. The molecule has 0 saturated heterocycles. The normalized spacial score (nSPS) is 11.8. The summed E-state index contributed by atoms with van der Waals surface area (Å²) in [7, 11) is -3.50. The van der Waals surface area contributed by atoms with Gasteiger partial charge in [-0.15, -0.1) is 21.5 Å². The SMILES string of the molecule is Cc1ccc(S(=O)(=O)NCCc2nnc(-c3ccccc3Cl)o2)s1. The van der Waals surface area contributed by atoms with E-state index in [2.05, 4.69) is 14.9 Å². The molecule has 0 amide bonds. The quantitative estimate of drug-likeness (QED) is 0.706.